The number of carbonyl (C=O) groups excluding carboxylic acids is 2. The summed E-state index contributed by atoms with van der Waals surface area (Å²) in [7, 11) is 3.11. The Morgan fingerprint density at radius 3 is 2.29 bits per heavy atom. The molecule has 0 bridgehead atoms. The molecule has 9 nitrogen and oxygen atoms in total. The number of amides is 2. The number of thioether (sulfide) groups is 1. The number of hydrogen-bond donors (Lipinski definition) is 2. The molecule has 2 aromatic carbocycles. The van der Waals surface area contributed by atoms with Crippen molar-refractivity contribution in [1.29, 1.82) is 0 Å². The molecule has 0 aliphatic rings. The maximum absolute atomic E-state index is 12.5. The van der Waals surface area contributed by atoms with Crippen LogP contribution in [0.5, 0.6) is 11.5 Å². The number of aromatic nitrogens is 2. The van der Waals surface area contributed by atoms with Crippen molar-refractivity contribution in [2.75, 3.05) is 24.9 Å². The molecule has 1 aromatic heterocycles. The predicted molar refractivity (Wildman–Crippen MR) is 118 cm³/mol. The van der Waals surface area contributed by atoms with Crippen molar-refractivity contribution in [1.82, 2.24) is 10.2 Å². The highest BCUT2D eigenvalue weighted by atomic mass is 32.2. The first kappa shape index (κ1) is 22.2. The number of carbonyl (C=O) groups is 2. The molecule has 31 heavy (non-hydrogen) atoms. The summed E-state index contributed by atoms with van der Waals surface area (Å²) in [4.78, 5) is 23.6. The molecule has 0 fully saturated rings. The summed E-state index contributed by atoms with van der Waals surface area (Å²) in [5.41, 5.74) is 1.89. The van der Waals surface area contributed by atoms with Crippen molar-refractivity contribution >= 4 is 35.0 Å². The van der Waals surface area contributed by atoms with E-state index in [9.17, 15) is 9.59 Å². The summed E-state index contributed by atoms with van der Waals surface area (Å²) < 4.78 is 16.3. The normalized spacial score (nSPS) is 11.5. The van der Waals surface area contributed by atoms with Crippen molar-refractivity contribution < 1.29 is 23.5 Å². The van der Waals surface area contributed by atoms with Crippen LogP contribution in [0.2, 0.25) is 0 Å². The highest BCUT2D eigenvalue weighted by Gasteiger charge is 2.20. The minimum atomic E-state index is -0.485. The molecule has 0 aliphatic carbocycles. The third-order valence-electron chi connectivity index (χ3n) is 4.17. The van der Waals surface area contributed by atoms with Gasteiger partial charge in [-0.25, -0.2) is 0 Å². The summed E-state index contributed by atoms with van der Waals surface area (Å²) in [5.74, 6) is 1.08. The fraction of sp³-hybridized carbons (Fsp3) is 0.238. The fourth-order valence-corrected chi connectivity index (χ4v) is 3.31. The van der Waals surface area contributed by atoms with Crippen molar-refractivity contribution in [3.63, 3.8) is 0 Å². The third kappa shape index (κ3) is 5.76. The lowest BCUT2D eigenvalue weighted by Crippen LogP contribution is -2.22. The number of hydrogen-bond acceptors (Lipinski definition) is 8. The maximum atomic E-state index is 12.5. The van der Waals surface area contributed by atoms with E-state index in [4.69, 9.17) is 13.9 Å². The van der Waals surface area contributed by atoms with Crippen LogP contribution in [0.3, 0.4) is 0 Å². The van der Waals surface area contributed by atoms with Crippen LogP contribution in [0.25, 0.3) is 11.5 Å². The molecule has 0 saturated carbocycles. The molecule has 2 N–H and O–H groups in total. The molecular formula is C21H22N4O5S. The summed E-state index contributed by atoms with van der Waals surface area (Å²) >= 11 is 1.14. The maximum Gasteiger partial charge on any atom is 0.277 e. The Bertz CT molecular complexity index is 1070. The smallest absolute Gasteiger partial charge is 0.277 e. The number of ether oxygens (including phenoxy) is 2. The van der Waals surface area contributed by atoms with Crippen molar-refractivity contribution in [3.8, 4) is 23.0 Å². The number of rotatable bonds is 8. The molecule has 2 amide bonds. The fourth-order valence-electron chi connectivity index (χ4n) is 2.63. The third-order valence-corrected chi connectivity index (χ3v) is 5.10. The van der Waals surface area contributed by atoms with Gasteiger partial charge in [0.05, 0.1) is 25.0 Å². The highest BCUT2D eigenvalue weighted by molar-refractivity contribution is 8.00. The largest absolute Gasteiger partial charge is 0.497 e. The Morgan fingerprint density at radius 1 is 1.00 bits per heavy atom. The van der Waals surface area contributed by atoms with E-state index in [-0.39, 0.29) is 22.9 Å². The molecule has 1 atom stereocenters. The molecule has 0 aliphatic heterocycles. The Balaban J connectivity index is 1.63. The van der Waals surface area contributed by atoms with Gasteiger partial charge in [-0.3, -0.25) is 9.59 Å². The lowest BCUT2D eigenvalue weighted by Gasteiger charge is -2.10. The van der Waals surface area contributed by atoms with Gasteiger partial charge in [0.25, 0.3) is 11.1 Å². The molecule has 1 unspecified atom stereocenters. The second kappa shape index (κ2) is 9.98. The second-order valence-corrected chi connectivity index (χ2v) is 7.74. The number of nitrogens with one attached hydrogen (secondary N) is 2. The minimum Gasteiger partial charge on any atom is -0.497 e. The van der Waals surface area contributed by atoms with E-state index in [2.05, 4.69) is 20.8 Å². The van der Waals surface area contributed by atoms with E-state index in [0.29, 0.717) is 28.4 Å². The van der Waals surface area contributed by atoms with Crippen LogP contribution >= 0.6 is 11.8 Å². The van der Waals surface area contributed by atoms with Gasteiger partial charge >= 0.3 is 0 Å². The van der Waals surface area contributed by atoms with Crippen molar-refractivity contribution in [2.45, 2.75) is 24.3 Å². The summed E-state index contributed by atoms with van der Waals surface area (Å²) in [6, 6.07) is 12.1. The molecule has 0 spiro atoms. The number of benzene rings is 2. The average molecular weight is 442 g/mol. The zero-order valence-corrected chi connectivity index (χ0v) is 18.3. The molecule has 0 radical (unpaired) electrons. The SMILES string of the molecule is COc1ccc(-c2nnc(SC(C)C(=O)Nc3ccc(NC(C)=O)cc3)o2)c(OC)c1. The van der Waals surface area contributed by atoms with E-state index in [1.54, 1.807) is 63.6 Å². The van der Waals surface area contributed by atoms with Gasteiger partial charge in [-0.1, -0.05) is 11.8 Å². The van der Waals surface area contributed by atoms with Gasteiger partial charge in [0.1, 0.15) is 11.5 Å². The molecule has 3 aromatic rings. The van der Waals surface area contributed by atoms with E-state index < -0.39 is 5.25 Å². The molecule has 1 heterocycles. The second-order valence-electron chi connectivity index (χ2n) is 6.45. The van der Waals surface area contributed by atoms with Gasteiger partial charge in [-0.05, 0) is 43.3 Å². The van der Waals surface area contributed by atoms with Crippen LogP contribution in [0.4, 0.5) is 11.4 Å². The topological polar surface area (TPSA) is 116 Å². The first-order valence-corrected chi connectivity index (χ1v) is 10.2. The summed E-state index contributed by atoms with van der Waals surface area (Å²) in [6.45, 7) is 3.17. The predicted octanol–water partition coefficient (Wildman–Crippen LogP) is 3.83. The van der Waals surface area contributed by atoms with Crippen LogP contribution in [0, 0.1) is 0 Å². The molecule has 0 saturated heterocycles. The average Bonchev–Trinajstić information content (AvgIpc) is 3.22. The van der Waals surface area contributed by atoms with Crippen LogP contribution in [0.1, 0.15) is 13.8 Å². The Morgan fingerprint density at radius 2 is 1.68 bits per heavy atom. The van der Waals surface area contributed by atoms with Crippen molar-refractivity contribution in [3.05, 3.63) is 42.5 Å². The highest BCUT2D eigenvalue weighted by Crippen LogP contribution is 2.34. The van der Waals surface area contributed by atoms with Crippen LogP contribution in [0.15, 0.2) is 52.1 Å². The molecule has 3 rings (SSSR count). The summed E-state index contributed by atoms with van der Waals surface area (Å²) in [6.07, 6.45) is 0. The van der Waals surface area contributed by atoms with Gasteiger partial charge in [-0.2, -0.15) is 0 Å². The summed E-state index contributed by atoms with van der Waals surface area (Å²) in [5, 5.41) is 13.3. The Labute approximate surface area is 183 Å². The minimum absolute atomic E-state index is 0.159. The van der Waals surface area contributed by atoms with Gasteiger partial charge in [0.15, 0.2) is 0 Å². The van der Waals surface area contributed by atoms with Crippen LogP contribution < -0.4 is 20.1 Å². The van der Waals surface area contributed by atoms with Gasteiger partial charge in [0, 0.05) is 24.4 Å². The first-order chi connectivity index (χ1) is 14.9. The lowest BCUT2D eigenvalue weighted by atomic mass is 10.2. The van der Waals surface area contributed by atoms with Gasteiger partial charge < -0.3 is 24.5 Å². The zero-order valence-electron chi connectivity index (χ0n) is 17.5. The van der Waals surface area contributed by atoms with E-state index in [1.165, 1.54) is 6.92 Å². The molecule has 10 heteroatoms. The van der Waals surface area contributed by atoms with Crippen LogP contribution in [-0.2, 0) is 9.59 Å². The first-order valence-electron chi connectivity index (χ1n) is 9.30. The number of anilines is 2. The molecule has 162 valence electrons. The quantitative estimate of drug-likeness (QED) is 0.506. The molecular weight excluding hydrogens is 420 g/mol. The van der Waals surface area contributed by atoms with Crippen LogP contribution in [-0.4, -0.2) is 41.5 Å². The number of methoxy groups -OCH3 is 2. The Kier molecular flexibility index (Phi) is 7.14. The van der Waals surface area contributed by atoms with Crippen molar-refractivity contribution in [2.24, 2.45) is 0 Å². The van der Waals surface area contributed by atoms with E-state index >= 15 is 0 Å². The van der Waals surface area contributed by atoms with Gasteiger partial charge in [0.2, 0.25) is 11.8 Å². The zero-order chi connectivity index (χ0) is 22.4. The van der Waals surface area contributed by atoms with E-state index in [0.717, 1.165) is 11.8 Å². The Hall–Kier alpha value is -3.53. The number of nitrogens with zero attached hydrogens (tertiary/aromatic N) is 2. The van der Waals surface area contributed by atoms with E-state index in [1.807, 2.05) is 0 Å². The van der Waals surface area contributed by atoms with Gasteiger partial charge in [-0.15, -0.1) is 10.2 Å². The standard InChI is InChI=1S/C21H22N4O5S/c1-12(19(27)23-15-7-5-14(6-8-15)22-13(2)26)31-21-25-24-20(30-21)17-10-9-16(28-3)11-18(17)29-4/h5-12H,1-4H3,(H,22,26)(H,23,27). The lowest BCUT2D eigenvalue weighted by molar-refractivity contribution is -0.115. The monoisotopic (exact) mass is 442 g/mol.